The highest BCUT2D eigenvalue weighted by Gasteiger charge is 2.23. The van der Waals surface area contributed by atoms with Crippen LogP contribution in [0.5, 0.6) is 0 Å². The molecular formula is C15H22ClN. The zero-order chi connectivity index (χ0) is 12.3. The molecule has 0 saturated heterocycles. The maximum Gasteiger partial charge on any atom is 0.0409 e. The molecular weight excluding hydrogens is 230 g/mol. The summed E-state index contributed by atoms with van der Waals surface area (Å²) in [6.07, 6.45) is 5.48. The SMILES string of the molecule is CCNC(CC1CCC1)c1cc(Cl)ccc1C. The molecule has 1 unspecified atom stereocenters. The summed E-state index contributed by atoms with van der Waals surface area (Å²) in [7, 11) is 0. The second kappa shape index (κ2) is 5.88. The normalized spacial score (nSPS) is 17.8. The number of hydrogen-bond donors (Lipinski definition) is 1. The number of aryl methyl sites for hydroxylation is 1. The zero-order valence-corrected chi connectivity index (χ0v) is 11.6. The summed E-state index contributed by atoms with van der Waals surface area (Å²) in [5.74, 6) is 0.914. The molecule has 0 radical (unpaired) electrons. The van der Waals surface area contributed by atoms with Gasteiger partial charge in [-0.2, -0.15) is 0 Å². The van der Waals surface area contributed by atoms with E-state index < -0.39 is 0 Å². The van der Waals surface area contributed by atoms with Crippen molar-refractivity contribution in [1.29, 1.82) is 0 Å². The molecule has 1 nitrogen and oxygen atoms in total. The van der Waals surface area contributed by atoms with Gasteiger partial charge in [0.05, 0.1) is 0 Å². The highest BCUT2D eigenvalue weighted by molar-refractivity contribution is 6.30. The van der Waals surface area contributed by atoms with Crippen LogP contribution in [0.4, 0.5) is 0 Å². The van der Waals surface area contributed by atoms with Gasteiger partial charge in [0.25, 0.3) is 0 Å². The molecule has 1 fully saturated rings. The third kappa shape index (κ3) is 3.23. The van der Waals surface area contributed by atoms with Crippen LogP contribution in [0, 0.1) is 12.8 Å². The van der Waals surface area contributed by atoms with Gasteiger partial charge in [0.1, 0.15) is 0 Å². The van der Waals surface area contributed by atoms with Gasteiger partial charge in [-0.15, -0.1) is 0 Å². The first-order valence-electron chi connectivity index (χ1n) is 6.70. The summed E-state index contributed by atoms with van der Waals surface area (Å²) in [6, 6.07) is 6.71. The Hall–Kier alpha value is -0.530. The van der Waals surface area contributed by atoms with Gasteiger partial charge in [0.15, 0.2) is 0 Å². The van der Waals surface area contributed by atoms with Gasteiger partial charge in [0, 0.05) is 11.1 Å². The predicted molar refractivity (Wildman–Crippen MR) is 74.6 cm³/mol. The molecule has 0 bridgehead atoms. The number of benzene rings is 1. The van der Waals surface area contributed by atoms with E-state index in [1.807, 2.05) is 6.07 Å². The molecule has 0 aliphatic heterocycles. The third-order valence-electron chi connectivity index (χ3n) is 3.86. The molecule has 0 aromatic heterocycles. The minimum atomic E-state index is 0.476. The lowest BCUT2D eigenvalue weighted by molar-refractivity contribution is 0.262. The van der Waals surface area contributed by atoms with Crippen LogP contribution in [-0.2, 0) is 0 Å². The molecule has 0 amide bonds. The van der Waals surface area contributed by atoms with E-state index in [0.29, 0.717) is 6.04 Å². The Balaban J connectivity index is 2.14. The predicted octanol–water partition coefficient (Wildman–Crippen LogP) is 4.49. The van der Waals surface area contributed by atoms with Crippen LogP contribution in [0.15, 0.2) is 18.2 Å². The van der Waals surface area contributed by atoms with E-state index in [9.17, 15) is 0 Å². The minimum absolute atomic E-state index is 0.476. The second-order valence-electron chi connectivity index (χ2n) is 5.14. The van der Waals surface area contributed by atoms with E-state index in [2.05, 4.69) is 31.3 Å². The molecule has 1 aliphatic carbocycles. The van der Waals surface area contributed by atoms with Crippen LogP contribution in [0.1, 0.15) is 49.8 Å². The largest absolute Gasteiger partial charge is 0.310 e. The van der Waals surface area contributed by atoms with Crippen molar-refractivity contribution >= 4 is 11.6 Å². The van der Waals surface area contributed by atoms with Crippen molar-refractivity contribution in [3.8, 4) is 0 Å². The lowest BCUT2D eigenvalue weighted by atomic mass is 9.79. The molecule has 1 aliphatic rings. The Morgan fingerprint density at radius 2 is 2.18 bits per heavy atom. The van der Waals surface area contributed by atoms with Gasteiger partial charge in [-0.1, -0.05) is 43.9 Å². The highest BCUT2D eigenvalue weighted by atomic mass is 35.5. The second-order valence-corrected chi connectivity index (χ2v) is 5.58. The summed E-state index contributed by atoms with van der Waals surface area (Å²) in [5, 5.41) is 4.46. The first kappa shape index (κ1) is 12.9. The molecule has 1 N–H and O–H groups in total. The summed E-state index contributed by atoms with van der Waals surface area (Å²) >= 11 is 6.12. The molecule has 94 valence electrons. The molecule has 17 heavy (non-hydrogen) atoms. The van der Waals surface area contributed by atoms with Crippen molar-refractivity contribution in [2.45, 2.75) is 45.6 Å². The molecule has 2 heteroatoms. The Kier molecular flexibility index (Phi) is 4.47. The average Bonchev–Trinajstić information content (AvgIpc) is 2.25. The van der Waals surface area contributed by atoms with E-state index >= 15 is 0 Å². The first-order chi connectivity index (χ1) is 8.20. The third-order valence-corrected chi connectivity index (χ3v) is 4.10. The summed E-state index contributed by atoms with van der Waals surface area (Å²) in [6.45, 7) is 5.37. The Morgan fingerprint density at radius 1 is 1.41 bits per heavy atom. The van der Waals surface area contributed by atoms with Crippen LogP contribution in [0.25, 0.3) is 0 Å². The number of rotatable bonds is 5. The molecule has 2 rings (SSSR count). The van der Waals surface area contributed by atoms with Gasteiger partial charge in [0.2, 0.25) is 0 Å². The topological polar surface area (TPSA) is 12.0 Å². The summed E-state index contributed by atoms with van der Waals surface area (Å²) in [5.41, 5.74) is 2.73. The smallest absolute Gasteiger partial charge is 0.0409 e. The van der Waals surface area contributed by atoms with Crippen LogP contribution >= 0.6 is 11.6 Å². The fourth-order valence-electron chi connectivity index (χ4n) is 2.62. The Labute approximate surface area is 110 Å². The highest BCUT2D eigenvalue weighted by Crippen LogP contribution is 2.36. The van der Waals surface area contributed by atoms with Crippen LogP contribution in [0.2, 0.25) is 5.02 Å². The fourth-order valence-corrected chi connectivity index (χ4v) is 2.80. The van der Waals surface area contributed by atoms with Gasteiger partial charge >= 0.3 is 0 Å². The standard InChI is InChI=1S/C15H22ClN/c1-3-17-15(9-12-5-4-6-12)14-10-13(16)8-7-11(14)2/h7-8,10,12,15,17H,3-6,9H2,1-2H3. The van der Waals surface area contributed by atoms with Crippen molar-refractivity contribution in [1.82, 2.24) is 5.32 Å². The van der Waals surface area contributed by atoms with E-state index in [-0.39, 0.29) is 0 Å². The Morgan fingerprint density at radius 3 is 2.76 bits per heavy atom. The molecule has 1 atom stereocenters. The minimum Gasteiger partial charge on any atom is -0.310 e. The summed E-state index contributed by atoms with van der Waals surface area (Å²) < 4.78 is 0. The van der Waals surface area contributed by atoms with Crippen molar-refractivity contribution in [3.05, 3.63) is 34.3 Å². The van der Waals surface area contributed by atoms with Gasteiger partial charge in [-0.05, 0) is 49.1 Å². The van der Waals surface area contributed by atoms with E-state index in [0.717, 1.165) is 17.5 Å². The van der Waals surface area contributed by atoms with Crippen molar-refractivity contribution in [2.75, 3.05) is 6.54 Å². The van der Waals surface area contributed by atoms with Gasteiger partial charge in [-0.25, -0.2) is 0 Å². The number of halogens is 1. The lowest BCUT2D eigenvalue weighted by Crippen LogP contribution is -2.26. The maximum atomic E-state index is 6.12. The number of nitrogens with one attached hydrogen (secondary N) is 1. The molecule has 1 saturated carbocycles. The zero-order valence-electron chi connectivity index (χ0n) is 10.8. The average molecular weight is 252 g/mol. The quantitative estimate of drug-likeness (QED) is 0.813. The first-order valence-corrected chi connectivity index (χ1v) is 7.08. The molecule has 0 spiro atoms. The van der Waals surface area contributed by atoms with E-state index in [4.69, 9.17) is 11.6 Å². The van der Waals surface area contributed by atoms with Crippen LogP contribution in [0.3, 0.4) is 0 Å². The van der Waals surface area contributed by atoms with Gasteiger partial charge in [-0.3, -0.25) is 0 Å². The lowest BCUT2D eigenvalue weighted by Gasteiger charge is -2.31. The van der Waals surface area contributed by atoms with Crippen molar-refractivity contribution in [3.63, 3.8) is 0 Å². The van der Waals surface area contributed by atoms with Crippen LogP contribution < -0.4 is 5.32 Å². The molecule has 0 heterocycles. The molecule has 1 aromatic carbocycles. The summed E-state index contributed by atoms with van der Waals surface area (Å²) in [4.78, 5) is 0. The fraction of sp³-hybridized carbons (Fsp3) is 0.600. The van der Waals surface area contributed by atoms with E-state index in [1.54, 1.807) is 0 Å². The van der Waals surface area contributed by atoms with E-state index in [1.165, 1.54) is 36.8 Å². The van der Waals surface area contributed by atoms with Crippen LogP contribution in [-0.4, -0.2) is 6.54 Å². The van der Waals surface area contributed by atoms with Gasteiger partial charge < -0.3 is 5.32 Å². The number of hydrogen-bond acceptors (Lipinski definition) is 1. The maximum absolute atomic E-state index is 6.12. The molecule has 1 aromatic rings. The Bertz CT molecular complexity index is 371. The van der Waals surface area contributed by atoms with Crippen molar-refractivity contribution in [2.24, 2.45) is 5.92 Å². The monoisotopic (exact) mass is 251 g/mol. The van der Waals surface area contributed by atoms with Crippen molar-refractivity contribution < 1.29 is 0 Å².